The maximum atomic E-state index is 12.0. The van der Waals surface area contributed by atoms with Gasteiger partial charge < -0.3 is 5.32 Å². The molecule has 130 valence electrons. The predicted molar refractivity (Wildman–Crippen MR) is 101 cm³/mol. The summed E-state index contributed by atoms with van der Waals surface area (Å²) in [6.45, 7) is 6.41. The van der Waals surface area contributed by atoms with Gasteiger partial charge in [-0.1, -0.05) is 56.6 Å². The molecule has 2 rings (SSSR count). The number of carbonyl (C=O) groups excluding carboxylic acids is 1. The summed E-state index contributed by atoms with van der Waals surface area (Å²) in [5, 5.41) is 13.4. The van der Waals surface area contributed by atoms with Crippen LogP contribution in [0.25, 0.3) is 6.08 Å². The van der Waals surface area contributed by atoms with Gasteiger partial charge in [-0.25, -0.2) is 0 Å². The molecule has 0 heterocycles. The van der Waals surface area contributed by atoms with Gasteiger partial charge in [-0.3, -0.25) is 14.9 Å². The van der Waals surface area contributed by atoms with Crippen molar-refractivity contribution < 1.29 is 9.72 Å². The lowest BCUT2D eigenvalue weighted by Gasteiger charge is -2.18. The quantitative estimate of drug-likeness (QED) is 0.464. The summed E-state index contributed by atoms with van der Waals surface area (Å²) in [6, 6.07) is 11.9. The van der Waals surface area contributed by atoms with E-state index >= 15 is 0 Å². The van der Waals surface area contributed by atoms with Crippen LogP contribution in [0, 0.1) is 10.1 Å². The van der Waals surface area contributed by atoms with Crippen LogP contribution >= 0.6 is 11.6 Å². The predicted octanol–water partition coefficient (Wildman–Crippen LogP) is 5.20. The molecule has 0 saturated carbocycles. The summed E-state index contributed by atoms with van der Waals surface area (Å²) >= 11 is 5.95. The first kappa shape index (κ1) is 18.7. The smallest absolute Gasteiger partial charge is 0.271 e. The topological polar surface area (TPSA) is 72.2 Å². The summed E-state index contributed by atoms with van der Waals surface area (Å²) in [5.41, 5.74) is 2.39. The molecule has 5 nitrogen and oxygen atoms in total. The van der Waals surface area contributed by atoms with Crippen molar-refractivity contribution >= 4 is 35.0 Å². The van der Waals surface area contributed by atoms with Gasteiger partial charge in [0.1, 0.15) is 0 Å². The van der Waals surface area contributed by atoms with E-state index < -0.39 is 4.92 Å². The zero-order valence-electron chi connectivity index (χ0n) is 14.2. The molecule has 0 aliphatic rings. The number of amides is 1. The van der Waals surface area contributed by atoms with Crippen molar-refractivity contribution in [1.82, 2.24) is 0 Å². The van der Waals surface area contributed by atoms with Gasteiger partial charge in [-0.05, 0) is 28.7 Å². The summed E-state index contributed by atoms with van der Waals surface area (Å²) in [5.74, 6) is -0.365. The first-order valence-electron chi connectivity index (χ1n) is 7.70. The van der Waals surface area contributed by atoms with Crippen LogP contribution < -0.4 is 5.32 Å². The normalized spacial score (nSPS) is 11.5. The fourth-order valence-corrected chi connectivity index (χ4v) is 2.38. The first-order chi connectivity index (χ1) is 11.7. The maximum Gasteiger partial charge on any atom is 0.271 e. The zero-order chi connectivity index (χ0) is 18.6. The van der Waals surface area contributed by atoms with Crippen molar-refractivity contribution in [3.63, 3.8) is 0 Å². The third-order valence-corrected chi connectivity index (χ3v) is 3.94. The number of nitrogens with zero attached hydrogens (tertiary/aromatic N) is 1. The van der Waals surface area contributed by atoms with Crippen molar-refractivity contribution in [2.45, 2.75) is 26.2 Å². The minimum atomic E-state index is -0.543. The molecule has 0 unspecified atom stereocenters. The van der Waals surface area contributed by atoms with E-state index in [1.165, 1.54) is 29.8 Å². The molecule has 0 atom stereocenters. The third-order valence-electron chi connectivity index (χ3n) is 3.63. The second-order valence-electron chi connectivity index (χ2n) is 6.62. The molecular formula is C19H19ClN2O3. The van der Waals surface area contributed by atoms with E-state index in [1.54, 1.807) is 6.08 Å². The number of non-ortho nitro benzene ring substituents is 1. The molecule has 0 spiro atoms. The molecule has 0 bridgehead atoms. The Morgan fingerprint density at radius 3 is 2.32 bits per heavy atom. The number of nitrogens with one attached hydrogen (secondary N) is 1. The molecular weight excluding hydrogens is 340 g/mol. The second-order valence-corrected chi connectivity index (χ2v) is 7.02. The Labute approximate surface area is 151 Å². The summed E-state index contributed by atoms with van der Waals surface area (Å²) in [7, 11) is 0. The number of nitro groups is 1. The molecule has 25 heavy (non-hydrogen) atoms. The molecule has 2 aromatic carbocycles. The highest BCUT2D eigenvalue weighted by Gasteiger charge is 2.13. The van der Waals surface area contributed by atoms with Gasteiger partial charge in [0.2, 0.25) is 5.91 Å². The number of anilines is 1. The molecule has 0 fully saturated rings. The molecule has 1 amide bonds. The minimum Gasteiger partial charge on any atom is -0.321 e. The van der Waals surface area contributed by atoms with E-state index in [0.29, 0.717) is 5.69 Å². The van der Waals surface area contributed by atoms with Crippen LogP contribution in [0.5, 0.6) is 0 Å². The first-order valence-corrected chi connectivity index (χ1v) is 8.08. The number of nitro benzene ring substituents is 1. The Morgan fingerprint density at radius 2 is 1.80 bits per heavy atom. The summed E-state index contributed by atoms with van der Waals surface area (Å²) < 4.78 is 0. The Balaban J connectivity index is 2.05. The molecule has 1 N–H and O–H groups in total. The van der Waals surface area contributed by atoms with Crippen LogP contribution in [0.2, 0.25) is 5.02 Å². The Kier molecular flexibility index (Phi) is 5.59. The number of rotatable bonds is 4. The van der Waals surface area contributed by atoms with Gasteiger partial charge >= 0.3 is 0 Å². The summed E-state index contributed by atoms with van der Waals surface area (Å²) in [6.07, 6.45) is 3.09. The van der Waals surface area contributed by atoms with Crippen LogP contribution in [-0.2, 0) is 10.2 Å². The SMILES string of the molecule is CC(C)(C)c1ccc(/C=C\C(=O)Nc2ccc([N+](=O)[O-])cc2Cl)cc1. The van der Waals surface area contributed by atoms with Crippen LogP contribution in [0.1, 0.15) is 31.9 Å². The van der Waals surface area contributed by atoms with Gasteiger partial charge in [-0.2, -0.15) is 0 Å². The van der Waals surface area contributed by atoms with Gasteiger partial charge in [0.05, 0.1) is 15.6 Å². The maximum absolute atomic E-state index is 12.0. The lowest BCUT2D eigenvalue weighted by atomic mass is 9.87. The number of hydrogen-bond donors (Lipinski definition) is 1. The van der Waals surface area contributed by atoms with Crippen molar-refractivity contribution in [3.8, 4) is 0 Å². The van der Waals surface area contributed by atoms with Crippen LogP contribution in [0.4, 0.5) is 11.4 Å². The Bertz CT molecular complexity index is 822. The van der Waals surface area contributed by atoms with Crippen LogP contribution in [-0.4, -0.2) is 10.8 Å². The highest BCUT2D eigenvalue weighted by molar-refractivity contribution is 6.34. The number of halogens is 1. The Morgan fingerprint density at radius 1 is 1.16 bits per heavy atom. The highest BCUT2D eigenvalue weighted by atomic mass is 35.5. The molecule has 0 aliphatic carbocycles. The fraction of sp³-hybridized carbons (Fsp3) is 0.211. The molecule has 0 radical (unpaired) electrons. The highest BCUT2D eigenvalue weighted by Crippen LogP contribution is 2.26. The minimum absolute atomic E-state index is 0.0757. The lowest BCUT2D eigenvalue weighted by Crippen LogP contribution is -2.10. The van der Waals surface area contributed by atoms with E-state index in [0.717, 1.165) is 5.56 Å². The second kappa shape index (κ2) is 7.49. The average molecular weight is 359 g/mol. The summed E-state index contributed by atoms with van der Waals surface area (Å²) in [4.78, 5) is 22.1. The lowest BCUT2D eigenvalue weighted by molar-refractivity contribution is -0.384. The van der Waals surface area contributed by atoms with E-state index in [-0.39, 0.29) is 22.0 Å². The van der Waals surface area contributed by atoms with Crippen LogP contribution in [0.15, 0.2) is 48.5 Å². The number of benzene rings is 2. The van der Waals surface area contributed by atoms with E-state index in [4.69, 9.17) is 11.6 Å². The van der Waals surface area contributed by atoms with E-state index in [2.05, 4.69) is 26.1 Å². The van der Waals surface area contributed by atoms with Gasteiger partial charge in [0.15, 0.2) is 0 Å². The molecule has 0 aliphatic heterocycles. The number of hydrogen-bond acceptors (Lipinski definition) is 3. The largest absolute Gasteiger partial charge is 0.321 e. The monoisotopic (exact) mass is 358 g/mol. The van der Waals surface area contributed by atoms with Gasteiger partial charge in [-0.15, -0.1) is 0 Å². The molecule has 0 saturated heterocycles. The third kappa shape index (κ3) is 5.16. The standard InChI is InChI=1S/C19H19ClN2O3/c1-19(2,3)14-7-4-13(5-8-14)6-11-18(23)21-17-10-9-15(22(24)25)12-16(17)20/h4-12H,1-3H3,(H,21,23)/b11-6-. The molecule has 0 aromatic heterocycles. The van der Waals surface area contributed by atoms with Gasteiger partial charge in [0, 0.05) is 18.2 Å². The molecule has 2 aromatic rings. The molecule has 6 heteroatoms. The van der Waals surface area contributed by atoms with Crippen molar-refractivity contribution in [2.75, 3.05) is 5.32 Å². The van der Waals surface area contributed by atoms with Crippen LogP contribution in [0.3, 0.4) is 0 Å². The number of carbonyl (C=O) groups is 1. The fourth-order valence-electron chi connectivity index (χ4n) is 2.16. The van der Waals surface area contributed by atoms with Crippen molar-refractivity contribution in [2.24, 2.45) is 0 Å². The zero-order valence-corrected chi connectivity index (χ0v) is 15.0. The average Bonchev–Trinajstić information content (AvgIpc) is 2.54. The Hall–Kier alpha value is -2.66. The van der Waals surface area contributed by atoms with Crippen molar-refractivity contribution in [3.05, 3.63) is 74.8 Å². The van der Waals surface area contributed by atoms with Crippen molar-refractivity contribution in [1.29, 1.82) is 0 Å². The van der Waals surface area contributed by atoms with Gasteiger partial charge in [0.25, 0.3) is 5.69 Å². The van der Waals surface area contributed by atoms with E-state index in [9.17, 15) is 14.9 Å². The van der Waals surface area contributed by atoms with E-state index in [1.807, 2.05) is 24.3 Å².